The molecule has 25 heavy (non-hydrogen) atoms. The van der Waals surface area contributed by atoms with E-state index < -0.39 is 5.82 Å². The van der Waals surface area contributed by atoms with Crippen molar-refractivity contribution in [2.24, 2.45) is 0 Å². The van der Waals surface area contributed by atoms with Crippen molar-refractivity contribution in [3.8, 4) is 22.4 Å². The molecule has 0 fully saturated rings. The number of nitrogens with zero attached hydrogens (tertiary/aromatic N) is 3. The number of nitrogen functional groups attached to an aromatic ring is 1. The van der Waals surface area contributed by atoms with Crippen molar-refractivity contribution in [1.29, 1.82) is 0 Å². The molecule has 0 unspecified atom stereocenters. The summed E-state index contributed by atoms with van der Waals surface area (Å²) in [6, 6.07) is 14.1. The molecule has 4 nitrogen and oxygen atoms in total. The van der Waals surface area contributed by atoms with Crippen LogP contribution in [0.15, 0.2) is 61.1 Å². The second-order valence-corrected chi connectivity index (χ2v) is 5.93. The summed E-state index contributed by atoms with van der Waals surface area (Å²) in [5.74, 6) is -0.0411. The molecular weight excluding hydrogens is 339 g/mol. The third-order valence-corrected chi connectivity index (χ3v) is 4.27. The molecular formula is C19H12ClFN4. The fraction of sp³-hybridized carbons (Fsp3) is 0. The molecule has 2 aromatic heterocycles. The molecule has 0 bridgehead atoms. The highest BCUT2D eigenvalue weighted by molar-refractivity contribution is 6.31. The lowest BCUT2D eigenvalue weighted by Crippen LogP contribution is -1.94. The van der Waals surface area contributed by atoms with E-state index in [4.69, 9.17) is 17.3 Å². The molecule has 2 heterocycles. The quantitative estimate of drug-likeness (QED) is 0.567. The Bertz CT molecular complexity index is 1100. The largest absolute Gasteiger partial charge is 0.383 e. The molecule has 122 valence electrons. The van der Waals surface area contributed by atoms with Gasteiger partial charge in [0, 0.05) is 22.7 Å². The van der Waals surface area contributed by atoms with E-state index in [2.05, 4.69) is 15.0 Å². The minimum atomic E-state index is -0.460. The fourth-order valence-electron chi connectivity index (χ4n) is 2.76. The highest BCUT2D eigenvalue weighted by Gasteiger charge is 2.12. The Hall–Kier alpha value is -3.05. The van der Waals surface area contributed by atoms with Gasteiger partial charge in [0.25, 0.3) is 0 Å². The van der Waals surface area contributed by atoms with Crippen LogP contribution in [-0.2, 0) is 0 Å². The summed E-state index contributed by atoms with van der Waals surface area (Å²) in [5, 5.41) is 0.831. The van der Waals surface area contributed by atoms with E-state index in [1.807, 2.05) is 30.3 Å². The summed E-state index contributed by atoms with van der Waals surface area (Å²) in [6.45, 7) is 0. The second kappa shape index (κ2) is 6.11. The van der Waals surface area contributed by atoms with E-state index in [-0.39, 0.29) is 5.02 Å². The Labute approximate surface area is 148 Å². The van der Waals surface area contributed by atoms with E-state index in [0.717, 1.165) is 27.6 Å². The Morgan fingerprint density at radius 1 is 0.920 bits per heavy atom. The zero-order chi connectivity index (χ0) is 17.4. The van der Waals surface area contributed by atoms with Crippen LogP contribution in [-0.4, -0.2) is 15.0 Å². The molecule has 2 aromatic carbocycles. The van der Waals surface area contributed by atoms with Gasteiger partial charge in [0.15, 0.2) is 0 Å². The molecule has 4 aromatic rings. The van der Waals surface area contributed by atoms with Gasteiger partial charge in [-0.15, -0.1) is 0 Å². The van der Waals surface area contributed by atoms with Crippen molar-refractivity contribution in [3.05, 3.63) is 71.9 Å². The standard InChI is InChI=1S/C19H12ClFN4/c20-15-9-12(3-5-16(15)21)18-13(2-1-7-23-18)11-4-6-17-14(8-11)19(22)25-10-24-17/h1-10H,(H2,22,24,25). The molecule has 4 rings (SSSR count). The number of halogens is 2. The van der Waals surface area contributed by atoms with Crippen LogP contribution in [0.2, 0.25) is 5.02 Å². The molecule has 0 saturated carbocycles. The summed E-state index contributed by atoms with van der Waals surface area (Å²) in [7, 11) is 0. The average molecular weight is 351 g/mol. The van der Waals surface area contributed by atoms with Crippen molar-refractivity contribution in [3.63, 3.8) is 0 Å². The van der Waals surface area contributed by atoms with E-state index in [1.54, 1.807) is 18.3 Å². The molecule has 0 saturated heterocycles. The van der Waals surface area contributed by atoms with Gasteiger partial charge >= 0.3 is 0 Å². The predicted molar refractivity (Wildman–Crippen MR) is 97.6 cm³/mol. The molecule has 2 N–H and O–H groups in total. The van der Waals surface area contributed by atoms with Crippen LogP contribution in [0.4, 0.5) is 10.2 Å². The summed E-state index contributed by atoms with van der Waals surface area (Å²) >= 11 is 5.93. The molecule has 0 aliphatic heterocycles. The van der Waals surface area contributed by atoms with Crippen molar-refractivity contribution in [2.45, 2.75) is 0 Å². The highest BCUT2D eigenvalue weighted by Crippen LogP contribution is 2.33. The van der Waals surface area contributed by atoms with Crippen molar-refractivity contribution >= 4 is 28.3 Å². The number of nitrogens with two attached hydrogens (primary N) is 1. The monoisotopic (exact) mass is 350 g/mol. The van der Waals surface area contributed by atoms with Crippen LogP contribution in [0.5, 0.6) is 0 Å². The Morgan fingerprint density at radius 3 is 2.60 bits per heavy atom. The van der Waals surface area contributed by atoms with Crippen molar-refractivity contribution in [1.82, 2.24) is 15.0 Å². The lowest BCUT2D eigenvalue weighted by molar-refractivity contribution is 0.628. The van der Waals surface area contributed by atoms with Crippen LogP contribution in [0.25, 0.3) is 33.3 Å². The van der Waals surface area contributed by atoms with Gasteiger partial charge < -0.3 is 5.73 Å². The lowest BCUT2D eigenvalue weighted by atomic mass is 9.98. The number of hydrogen-bond donors (Lipinski definition) is 1. The van der Waals surface area contributed by atoms with E-state index >= 15 is 0 Å². The number of fused-ring (bicyclic) bond motifs is 1. The van der Waals surface area contributed by atoms with Gasteiger partial charge in [-0.3, -0.25) is 4.98 Å². The Morgan fingerprint density at radius 2 is 1.76 bits per heavy atom. The maximum atomic E-state index is 13.5. The fourth-order valence-corrected chi connectivity index (χ4v) is 2.94. The van der Waals surface area contributed by atoms with Gasteiger partial charge in [-0.1, -0.05) is 23.7 Å². The van der Waals surface area contributed by atoms with Gasteiger partial charge in [0.2, 0.25) is 0 Å². The highest BCUT2D eigenvalue weighted by atomic mass is 35.5. The number of anilines is 1. The molecule has 6 heteroatoms. The summed E-state index contributed by atoms with van der Waals surface area (Å²) in [4.78, 5) is 12.7. The first-order chi connectivity index (χ1) is 12.1. The normalized spacial score (nSPS) is 11.0. The van der Waals surface area contributed by atoms with Gasteiger partial charge in [-0.2, -0.15) is 0 Å². The molecule has 0 atom stereocenters. The molecule has 0 aliphatic carbocycles. The maximum Gasteiger partial charge on any atom is 0.141 e. The topological polar surface area (TPSA) is 64.7 Å². The number of hydrogen-bond acceptors (Lipinski definition) is 4. The van der Waals surface area contributed by atoms with Crippen molar-refractivity contribution in [2.75, 3.05) is 5.73 Å². The van der Waals surface area contributed by atoms with Crippen molar-refractivity contribution < 1.29 is 4.39 Å². The van der Waals surface area contributed by atoms with E-state index in [0.29, 0.717) is 11.5 Å². The van der Waals surface area contributed by atoms with Crippen LogP contribution in [0.3, 0.4) is 0 Å². The minimum absolute atomic E-state index is 0.0604. The number of pyridine rings is 1. The summed E-state index contributed by atoms with van der Waals surface area (Å²) in [6.07, 6.45) is 3.13. The number of benzene rings is 2. The van der Waals surface area contributed by atoms with Crippen LogP contribution in [0, 0.1) is 5.82 Å². The van der Waals surface area contributed by atoms with E-state index in [1.165, 1.54) is 12.4 Å². The lowest BCUT2D eigenvalue weighted by Gasteiger charge is -2.11. The van der Waals surface area contributed by atoms with Gasteiger partial charge in [0.05, 0.1) is 16.2 Å². The Kier molecular flexibility index (Phi) is 3.78. The number of rotatable bonds is 2. The minimum Gasteiger partial charge on any atom is -0.383 e. The first kappa shape index (κ1) is 15.5. The second-order valence-electron chi connectivity index (χ2n) is 5.52. The smallest absolute Gasteiger partial charge is 0.141 e. The average Bonchev–Trinajstić information content (AvgIpc) is 2.64. The third-order valence-electron chi connectivity index (χ3n) is 3.98. The molecule has 0 radical (unpaired) electrons. The van der Waals surface area contributed by atoms with Crippen LogP contribution >= 0.6 is 11.6 Å². The SMILES string of the molecule is Nc1ncnc2ccc(-c3cccnc3-c3ccc(F)c(Cl)c3)cc12. The van der Waals surface area contributed by atoms with Gasteiger partial charge in [-0.25, -0.2) is 14.4 Å². The van der Waals surface area contributed by atoms with Crippen LogP contribution in [0.1, 0.15) is 0 Å². The van der Waals surface area contributed by atoms with E-state index in [9.17, 15) is 4.39 Å². The first-order valence-electron chi connectivity index (χ1n) is 7.54. The zero-order valence-electron chi connectivity index (χ0n) is 12.9. The van der Waals surface area contributed by atoms with Gasteiger partial charge in [0.1, 0.15) is 18.0 Å². The third kappa shape index (κ3) is 2.79. The molecule has 0 aliphatic rings. The van der Waals surface area contributed by atoms with Crippen LogP contribution < -0.4 is 5.73 Å². The summed E-state index contributed by atoms with van der Waals surface area (Å²) in [5.41, 5.74) is 9.97. The van der Waals surface area contributed by atoms with Gasteiger partial charge in [-0.05, 0) is 42.0 Å². The predicted octanol–water partition coefficient (Wildman–Crippen LogP) is 4.73. The molecule has 0 spiro atoms. The maximum absolute atomic E-state index is 13.5. The summed E-state index contributed by atoms with van der Waals surface area (Å²) < 4.78 is 13.5. The molecule has 0 amide bonds. The Balaban J connectivity index is 1.92. The number of aromatic nitrogens is 3. The zero-order valence-corrected chi connectivity index (χ0v) is 13.7. The first-order valence-corrected chi connectivity index (χ1v) is 7.92.